The van der Waals surface area contributed by atoms with E-state index >= 15 is 0 Å². The molecule has 2 aromatic rings. The molecule has 1 saturated heterocycles. The highest BCUT2D eigenvalue weighted by Crippen LogP contribution is 2.33. The molecule has 2 aromatic carbocycles. The van der Waals surface area contributed by atoms with E-state index in [0.717, 1.165) is 28.5 Å². The number of anilines is 1. The van der Waals surface area contributed by atoms with Gasteiger partial charge in [-0.2, -0.15) is 0 Å². The van der Waals surface area contributed by atoms with Crippen LogP contribution >= 0.6 is 0 Å². The molecule has 2 N–H and O–H groups in total. The SMILES string of the molecule is Cc1ccc(S(=O)(=O)N(C)C)cc1NC(=O)[C@H](C)N1C(=O)N[C@@](C)(c2ccc3c(c2)CCC3)C1=O. The third-order valence-electron chi connectivity index (χ3n) is 6.91. The minimum Gasteiger partial charge on any atom is -0.324 e. The molecule has 2 atom stereocenters. The summed E-state index contributed by atoms with van der Waals surface area (Å²) in [5.41, 5.74) is 2.77. The van der Waals surface area contributed by atoms with Crippen molar-refractivity contribution in [1.82, 2.24) is 14.5 Å². The van der Waals surface area contributed by atoms with Gasteiger partial charge in [0, 0.05) is 19.8 Å². The van der Waals surface area contributed by atoms with Gasteiger partial charge in [-0.15, -0.1) is 0 Å². The van der Waals surface area contributed by atoms with Crippen LogP contribution in [0.1, 0.15) is 42.5 Å². The van der Waals surface area contributed by atoms with Crippen LogP contribution in [0, 0.1) is 6.92 Å². The molecule has 1 aliphatic carbocycles. The number of sulfonamides is 1. The van der Waals surface area contributed by atoms with E-state index in [9.17, 15) is 22.8 Å². The molecule has 2 aliphatic rings. The van der Waals surface area contributed by atoms with Gasteiger partial charge in [0.15, 0.2) is 0 Å². The van der Waals surface area contributed by atoms with Crippen molar-refractivity contribution in [2.24, 2.45) is 0 Å². The minimum absolute atomic E-state index is 0.0234. The first kappa shape index (κ1) is 24.9. The van der Waals surface area contributed by atoms with Crippen LogP contribution in [-0.4, -0.2) is 55.6 Å². The summed E-state index contributed by atoms with van der Waals surface area (Å²) >= 11 is 0. The highest BCUT2D eigenvalue weighted by molar-refractivity contribution is 7.89. The second kappa shape index (κ2) is 8.76. The Hall–Kier alpha value is -3.24. The quantitative estimate of drug-likeness (QED) is 0.594. The van der Waals surface area contributed by atoms with Gasteiger partial charge in [0.2, 0.25) is 15.9 Å². The maximum absolute atomic E-state index is 13.4. The van der Waals surface area contributed by atoms with Crippen molar-refractivity contribution < 1.29 is 22.8 Å². The predicted molar refractivity (Wildman–Crippen MR) is 131 cm³/mol. The number of hydrogen-bond donors (Lipinski definition) is 2. The molecule has 9 nitrogen and oxygen atoms in total. The van der Waals surface area contributed by atoms with Crippen LogP contribution in [0.3, 0.4) is 0 Å². The molecule has 1 fully saturated rings. The highest BCUT2D eigenvalue weighted by Gasteiger charge is 2.52. The molecule has 1 heterocycles. The predicted octanol–water partition coefficient (Wildman–Crippen LogP) is 2.53. The first-order valence-electron chi connectivity index (χ1n) is 11.5. The van der Waals surface area contributed by atoms with E-state index in [2.05, 4.69) is 10.6 Å². The second-order valence-electron chi connectivity index (χ2n) is 9.50. The lowest BCUT2D eigenvalue weighted by Gasteiger charge is -2.25. The summed E-state index contributed by atoms with van der Waals surface area (Å²) in [4.78, 5) is 40.4. The molecule has 0 spiro atoms. The Bertz CT molecular complexity index is 1340. The lowest BCUT2D eigenvalue weighted by molar-refractivity contribution is -0.136. The molecular weight excluding hydrogens is 468 g/mol. The molecule has 10 heteroatoms. The molecule has 0 aromatic heterocycles. The van der Waals surface area contributed by atoms with Gasteiger partial charge in [-0.3, -0.25) is 9.59 Å². The third kappa shape index (κ3) is 4.21. The van der Waals surface area contributed by atoms with Crippen molar-refractivity contribution in [3.05, 3.63) is 58.7 Å². The molecule has 186 valence electrons. The zero-order chi connectivity index (χ0) is 25.7. The first-order chi connectivity index (χ1) is 16.4. The number of fused-ring (bicyclic) bond motifs is 1. The van der Waals surface area contributed by atoms with Gasteiger partial charge in [-0.25, -0.2) is 22.4 Å². The molecule has 4 amide bonds. The summed E-state index contributed by atoms with van der Waals surface area (Å²) in [6.45, 7) is 4.84. The van der Waals surface area contributed by atoms with E-state index in [1.165, 1.54) is 44.3 Å². The van der Waals surface area contributed by atoms with E-state index in [4.69, 9.17) is 0 Å². The summed E-state index contributed by atoms with van der Waals surface area (Å²) in [6, 6.07) is 8.48. The Labute approximate surface area is 205 Å². The topological polar surface area (TPSA) is 116 Å². The first-order valence-corrected chi connectivity index (χ1v) is 12.9. The van der Waals surface area contributed by atoms with Gasteiger partial charge in [0.1, 0.15) is 11.6 Å². The van der Waals surface area contributed by atoms with Crippen molar-refractivity contribution in [1.29, 1.82) is 0 Å². The van der Waals surface area contributed by atoms with Crippen molar-refractivity contribution in [2.75, 3.05) is 19.4 Å². The number of carbonyl (C=O) groups is 3. The summed E-state index contributed by atoms with van der Waals surface area (Å²) in [7, 11) is -0.859. The Morgan fingerprint density at radius 1 is 1.11 bits per heavy atom. The standard InChI is InChI=1S/C25H30N4O5S/c1-15-9-12-20(35(33,34)28(4)5)14-21(15)26-22(30)16(2)29-23(31)25(3,27-24(29)32)19-11-10-17-7-6-8-18(17)13-19/h9-14,16H,6-8H2,1-5H3,(H,26,30)(H,27,32)/t16-,25-/m0/s1. The van der Waals surface area contributed by atoms with E-state index in [1.807, 2.05) is 18.2 Å². The largest absolute Gasteiger partial charge is 0.326 e. The Morgan fingerprint density at radius 2 is 1.80 bits per heavy atom. The van der Waals surface area contributed by atoms with E-state index < -0.39 is 39.4 Å². The summed E-state index contributed by atoms with van der Waals surface area (Å²) in [5.74, 6) is -1.11. The Balaban J connectivity index is 1.57. The molecule has 0 unspecified atom stereocenters. The van der Waals surface area contributed by atoms with Crippen LogP contribution < -0.4 is 10.6 Å². The third-order valence-corrected chi connectivity index (χ3v) is 8.72. The van der Waals surface area contributed by atoms with Gasteiger partial charge >= 0.3 is 6.03 Å². The second-order valence-corrected chi connectivity index (χ2v) is 11.6. The van der Waals surface area contributed by atoms with Crippen molar-refractivity contribution >= 4 is 33.6 Å². The van der Waals surface area contributed by atoms with E-state index in [-0.39, 0.29) is 4.90 Å². The zero-order valence-electron chi connectivity index (χ0n) is 20.5. The lowest BCUT2D eigenvalue weighted by Crippen LogP contribution is -2.47. The number of hydrogen-bond acceptors (Lipinski definition) is 5. The molecule has 4 rings (SSSR count). The molecule has 0 radical (unpaired) electrons. The molecule has 1 aliphatic heterocycles. The fourth-order valence-corrected chi connectivity index (χ4v) is 5.48. The van der Waals surface area contributed by atoms with Gasteiger partial charge in [0.25, 0.3) is 5.91 Å². The number of carbonyl (C=O) groups excluding carboxylic acids is 3. The van der Waals surface area contributed by atoms with Crippen molar-refractivity contribution in [3.8, 4) is 0 Å². The van der Waals surface area contributed by atoms with Crippen LogP contribution in [-0.2, 0) is 38.0 Å². The van der Waals surface area contributed by atoms with E-state index in [1.54, 1.807) is 19.9 Å². The molecule has 35 heavy (non-hydrogen) atoms. The van der Waals surface area contributed by atoms with Crippen molar-refractivity contribution in [2.45, 2.75) is 56.5 Å². The van der Waals surface area contributed by atoms with Crippen LogP contribution in [0.15, 0.2) is 41.3 Å². The van der Waals surface area contributed by atoms with Crippen LogP contribution in [0.5, 0.6) is 0 Å². The normalized spacial score (nSPS) is 20.7. The number of urea groups is 1. The Morgan fingerprint density at radius 3 is 2.49 bits per heavy atom. The maximum atomic E-state index is 13.4. The highest BCUT2D eigenvalue weighted by atomic mass is 32.2. The average Bonchev–Trinajstić information content (AvgIpc) is 3.36. The number of imide groups is 1. The summed E-state index contributed by atoms with van der Waals surface area (Å²) in [5, 5.41) is 5.45. The van der Waals surface area contributed by atoms with Gasteiger partial charge in [-0.05, 0) is 74.4 Å². The maximum Gasteiger partial charge on any atom is 0.326 e. The summed E-state index contributed by atoms with van der Waals surface area (Å²) in [6.07, 6.45) is 3.01. The molecule has 0 saturated carbocycles. The number of amides is 4. The number of nitrogens with zero attached hydrogens (tertiary/aromatic N) is 2. The Kier molecular flexibility index (Phi) is 6.23. The number of benzene rings is 2. The number of aryl methyl sites for hydroxylation is 3. The number of nitrogens with one attached hydrogen (secondary N) is 2. The zero-order valence-corrected chi connectivity index (χ0v) is 21.3. The average molecular weight is 499 g/mol. The number of rotatable bonds is 6. The fourth-order valence-electron chi connectivity index (χ4n) is 4.55. The van der Waals surface area contributed by atoms with Crippen LogP contribution in [0.4, 0.5) is 10.5 Å². The minimum atomic E-state index is -3.70. The lowest BCUT2D eigenvalue weighted by atomic mass is 9.89. The van der Waals surface area contributed by atoms with Gasteiger partial charge in [-0.1, -0.05) is 24.3 Å². The summed E-state index contributed by atoms with van der Waals surface area (Å²) < 4.78 is 26.1. The van der Waals surface area contributed by atoms with Crippen LogP contribution in [0.25, 0.3) is 0 Å². The van der Waals surface area contributed by atoms with E-state index in [0.29, 0.717) is 16.8 Å². The fraction of sp³-hybridized carbons (Fsp3) is 0.400. The smallest absolute Gasteiger partial charge is 0.324 e. The molecular formula is C25H30N4O5S. The van der Waals surface area contributed by atoms with Crippen molar-refractivity contribution in [3.63, 3.8) is 0 Å². The van der Waals surface area contributed by atoms with Crippen LogP contribution in [0.2, 0.25) is 0 Å². The van der Waals surface area contributed by atoms with Gasteiger partial charge < -0.3 is 10.6 Å². The van der Waals surface area contributed by atoms with Gasteiger partial charge in [0.05, 0.1) is 4.90 Å². The monoisotopic (exact) mass is 498 g/mol. The molecule has 0 bridgehead atoms.